The molecule has 0 spiro atoms. The van der Waals surface area contributed by atoms with E-state index in [0.29, 0.717) is 30.5 Å². The topological polar surface area (TPSA) is 68.9 Å². The Hall–Kier alpha value is -2.76. The molecule has 0 aromatic heterocycles. The molecule has 1 fully saturated rings. The predicted molar refractivity (Wildman–Crippen MR) is 100 cm³/mol. The lowest BCUT2D eigenvalue weighted by molar-refractivity contribution is 0.354. The van der Waals surface area contributed by atoms with Crippen LogP contribution in [0.2, 0.25) is 0 Å². The second kappa shape index (κ2) is 7.64. The molecule has 6 heteroatoms. The van der Waals surface area contributed by atoms with E-state index in [1.807, 2.05) is 24.3 Å². The number of nitrogens with two attached hydrogens (primary N) is 1. The quantitative estimate of drug-likeness (QED) is 0.590. The van der Waals surface area contributed by atoms with Crippen LogP contribution in [-0.4, -0.2) is 26.7 Å². The summed E-state index contributed by atoms with van der Waals surface area (Å²) in [6, 6.07) is 12.4. The fourth-order valence-corrected chi connectivity index (χ4v) is 3.01. The van der Waals surface area contributed by atoms with E-state index < -0.39 is 0 Å². The second-order valence-electron chi connectivity index (χ2n) is 6.54. The van der Waals surface area contributed by atoms with Crippen molar-refractivity contribution in [3.63, 3.8) is 0 Å². The molecule has 2 aromatic carbocycles. The molecule has 0 aliphatic heterocycles. The summed E-state index contributed by atoms with van der Waals surface area (Å²) in [6.45, 7) is 1.09. The maximum Gasteiger partial charge on any atom is 0.188 e. The van der Waals surface area contributed by atoms with Gasteiger partial charge < -0.3 is 20.5 Å². The molecule has 1 aliphatic carbocycles. The first kappa shape index (κ1) is 18.0. The molecule has 0 bridgehead atoms. The first-order chi connectivity index (χ1) is 12.6. The zero-order chi connectivity index (χ0) is 18.6. The monoisotopic (exact) mass is 357 g/mol. The molecule has 138 valence electrons. The summed E-state index contributed by atoms with van der Waals surface area (Å²) < 4.78 is 24.0. The largest absolute Gasteiger partial charge is 0.493 e. The molecule has 2 aromatic rings. The standard InChI is InChI=1S/C20H24FN3O2/c1-25-17-7-6-14(10-18(17)26-2)12-23-19(22)24-13-20(8-9-20)15-4-3-5-16(21)11-15/h3-7,10-11H,8-9,12-13H2,1-2H3,(H3,22,23,24). The Kier molecular flexibility index (Phi) is 5.30. The van der Waals surface area contributed by atoms with Gasteiger partial charge in [0.1, 0.15) is 5.82 Å². The summed E-state index contributed by atoms with van der Waals surface area (Å²) in [5.74, 6) is 1.51. The Bertz CT molecular complexity index is 803. The molecule has 0 amide bonds. The maximum absolute atomic E-state index is 13.5. The first-order valence-corrected chi connectivity index (χ1v) is 8.57. The van der Waals surface area contributed by atoms with Crippen molar-refractivity contribution >= 4 is 5.96 Å². The van der Waals surface area contributed by atoms with Crippen LogP contribution < -0.4 is 20.5 Å². The molecular formula is C20H24FN3O2. The van der Waals surface area contributed by atoms with Crippen molar-refractivity contribution < 1.29 is 13.9 Å². The van der Waals surface area contributed by atoms with Crippen LogP contribution in [0.5, 0.6) is 11.5 Å². The number of nitrogens with zero attached hydrogens (tertiary/aromatic N) is 1. The number of hydrogen-bond donors (Lipinski definition) is 2. The third kappa shape index (κ3) is 4.07. The predicted octanol–water partition coefficient (Wildman–Crippen LogP) is 2.98. The Morgan fingerprint density at radius 1 is 1.15 bits per heavy atom. The van der Waals surface area contributed by atoms with E-state index in [2.05, 4.69) is 10.3 Å². The van der Waals surface area contributed by atoms with Crippen molar-refractivity contribution in [3.05, 3.63) is 59.4 Å². The lowest BCUT2D eigenvalue weighted by atomic mass is 9.96. The number of rotatable bonds is 7. The fraction of sp³-hybridized carbons (Fsp3) is 0.350. The molecule has 0 saturated heterocycles. The maximum atomic E-state index is 13.5. The summed E-state index contributed by atoms with van der Waals surface area (Å²) in [5.41, 5.74) is 7.95. The van der Waals surface area contributed by atoms with Crippen LogP contribution in [0.4, 0.5) is 4.39 Å². The molecule has 1 aliphatic rings. The highest BCUT2D eigenvalue weighted by Gasteiger charge is 2.44. The number of nitrogens with one attached hydrogen (secondary N) is 1. The summed E-state index contributed by atoms with van der Waals surface area (Å²) in [7, 11) is 3.20. The van der Waals surface area contributed by atoms with Crippen molar-refractivity contribution in [1.29, 1.82) is 0 Å². The fourth-order valence-electron chi connectivity index (χ4n) is 3.01. The molecule has 0 radical (unpaired) electrons. The van der Waals surface area contributed by atoms with Gasteiger partial charge in [-0.2, -0.15) is 0 Å². The highest BCUT2D eigenvalue weighted by molar-refractivity contribution is 5.78. The van der Waals surface area contributed by atoms with Crippen LogP contribution in [0, 0.1) is 5.82 Å². The molecule has 1 saturated carbocycles. The van der Waals surface area contributed by atoms with Gasteiger partial charge >= 0.3 is 0 Å². The van der Waals surface area contributed by atoms with E-state index >= 15 is 0 Å². The zero-order valence-electron chi connectivity index (χ0n) is 15.1. The van der Waals surface area contributed by atoms with E-state index in [1.165, 1.54) is 6.07 Å². The number of methoxy groups -OCH3 is 2. The molecular weight excluding hydrogens is 333 g/mol. The van der Waals surface area contributed by atoms with E-state index in [0.717, 1.165) is 24.0 Å². The average Bonchev–Trinajstić information content (AvgIpc) is 3.45. The molecule has 0 heterocycles. The third-order valence-electron chi connectivity index (χ3n) is 4.78. The van der Waals surface area contributed by atoms with Gasteiger partial charge in [-0.3, -0.25) is 0 Å². The van der Waals surface area contributed by atoms with Gasteiger partial charge in [-0.15, -0.1) is 0 Å². The summed E-state index contributed by atoms with van der Waals surface area (Å²) >= 11 is 0. The van der Waals surface area contributed by atoms with Crippen LogP contribution in [-0.2, 0) is 12.0 Å². The Morgan fingerprint density at radius 3 is 2.58 bits per heavy atom. The number of guanidine groups is 1. The van der Waals surface area contributed by atoms with Gasteiger partial charge in [0.2, 0.25) is 0 Å². The Labute approximate surface area is 153 Å². The molecule has 0 atom stereocenters. The summed E-state index contributed by atoms with van der Waals surface area (Å²) in [5, 5.41) is 3.17. The number of benzene rings is 2. The van der Waals surface area contributed by atoms with Crippen molar-refractivity contribution in [2.45, 2.75) is 24.8 Å². The van der Waals surface area contributed by atoms with Crippen LogP contribution >= 0.6 is 0 Å². The highest BCUT2D eigenvalue weighted by Crippen LogP contribution is 2.47. The number of halogens is 1. The Balaban J connectivity index is 1.59. The number of ether oxygens (including phenoxy) is 2. The molecule has 5 nitrogen and oxygen atoms in total. The van der Waals surface area contributed by atoms with Gasteiger partial charge in [0.25, 0.3) is 0 Å². The normalized spacial score (nSPS) is 15.4. The lowest BCUT2D eigenvalue weighted by Crippen LogP contribution is -2.37. The van der Waals surface area contributed by atoms with Gasteiger partial charge in [0, 0.05) is 12.0 Å². The van der Waals surface area contributed by atoms with Gasteiger partial charge in [-0.25, -0.2) is 9.38 Å². The van der Waals surface area contributed by atoms with E-state index in [4.69, 9.17) is 15.2 Å². The van der Waals surface area contributed by atoms with Gasteiger partial charge in [-0.1, -0.05) is 18.2 Å². The van der Waals surface area contributed by atoms with Crippen molar-refractivity contribution in [1.82, 2.24) is 5.32 Å². The molecule has 3 N–H and O–H groups in total. The Morgan fingerprint density at radius 2 is 1.92 bits per heavy atom. The van der Waals surface area contributed by atoms with E-state index in [-0.39, 0.29) is 11.2 Å². The second-order valence-corrected chi connectivity index (χ2v) is 6.54. The first-order valence-electron chi connectivity index (χ1n) is 8.57. The third-order valence-corrected chi connectivity index (χ3v) is 4.78. The van der Waals surface area contributed by atoms with E-state index in [1.54, 1.807) is 26.4 Å². The minimum absolute atomic E-state index is 0.0361. The minimum atomic E-state index is -0.205. The lowest BCUT2D eigenvalue weighted by Gasteiger charge is -2.17. The molecule has 3 rings (SSSR count). The van der Waals surface area contributed by atoms with Gasteiger partial charge in [-0.05, 0) is 48.2 Å². The number of aliphatic imine (C=N–C) groups is 1. The summed E-state index contributed by atoms with van der Waals surface area (Å²) in [4.78, 5) is 4.38. The van der Waals surface area contributed by atoms with Crippen molar-refractivity contribution in [3.8, 4) is 11.5 Å². The van der Waals surface area contributed by atoms with Crippen LogP contribution in [0.1, 0.15) is 24.0 Å². The molecule has 0 unspecified atom stereocenters. The van der Waals surface area contributed by atoms with Crippen LogP contribution in [0.25, 0.3) is 0 Å². The SMILES string of the molecule is COc1ccc(CN=C(N)NCC2(c3cccc(F)c3)CC2)cc1OC. The minimum Gasteiger partial charge on any atom is -0.493 e. The van der Waals surface area contributed by atoms with Gasteiger partial charge in [0.05, 0.1) is 20.8 Å². The number of hydrogen-bond acceptors (Lipinski definition) is 3. The zero-order valence-corrected chi connectivity index (χ0v) is 15.1. The average molecular weight is 357 g/mol. The summed E-state index contributed by atoms with van der Waals surface area (Å²) in [6.07, 6.45) is 2.04. The van der Waals surface area contributed by atoms with Crippen molar-refractivity contribution in [2.75, 3.05) is 20.8 Å². The van der Waals surface area contributed by atoms with Gasteiger partial charge in [0.15, 0.2) is 17.5 Å². The molecule has 26 heavy (non-hydrogen) atoms. The van der Waals surface area contributed by atoms with E-state index in [9.17, 15) is 4.39 Å². The van der Waals surface area contributed by atoms with Crippen LogP contribution in [0.3, 0.4) is 0 Å². The highest BCUT2D eigenvalue weighted by atomic mass is 19.1. The van der Waals surface area contributed by atoms with Crippen LogP contribution in [0.15, 0.2) is 47.5 Å². The smallest absolute Gasteiger partial charge is 0.188 e. The van der Waals surface area contributed by atoms with Crippen molar-refractivity contribution in [2.24, 2.45) is 10.7 Å².